The van der Waals surface area contributed by atoms with Crippen molar-refractivity contribution in [2.24, 2.45) is 0 Å². The van der Waals surface area contributed by atoms with E-state index in [1.807, 2.05) is 0 Å². The fourth-order valence-corrected chi connectivity index (χ4v) is 1.60. The third-order valence-electron chi connectivity index (χ3n) is 1.52. The van der Waals surface area contributed by atoms with Crippen LogP contribution in [0.3, 0.4) is 0 Å². The minimum absolute atomic E-state index is 0. The van der Waals surface area contributed by atoms with E-state index in [1.54, 1.807) is 0 Å². The van der Waals surface area contributed by atoms with Gasteiger partial charge in [0.05, 0.1) is 0 Å². The molecule has 0 aliphatic carbocycles. The van der Waals surface area contributed by atoms with Crippen molar-refractivity contribution >= 4 is 110 Å². The smallest absolute Gasteiger partial charge is 0.244 e. The first kappa shape index (κ1) is 21.5. The summed E-state index contributed by atoms with van der Waals surface area (Å²) in [6.45, 7) is 0. The predicted molar refractivity (Wildman–Crippen MR) is 78.6 cm³/mol. The molecule has 21 heavy (non-hydrogen) atoms. The molecule has 0 N–H and O–H groups in total. The molecule has 0 unspecified atom stereocenters. The van der Waals surface area contributed by atoms with Gasteiger partial charge in [-0.3, -0.25) is 0 Å². The monoisotopic (exact) mass is 419 g/mol. The zero-order valence-corrected chi connectivity index (χ0v) is 16.8. The quantitative estimate of drug-likeness (QED) is 0.554. The molecule has 0 aromatic carbocycles. The Kier molecular flexibility index (Phi) is 9.83. The Bertz CT molecular complexity index is 684. The number of hydrogen-bond donors (Lipinski definition) is 0. The van der Waals surface area contributed by atoms with Gasteiger partial charge in [-0.1, -0.05) is 0 Å². The van der Waals surface area contributed by atoms with Gasteiger partial charge < -0.3 is 0 Å². The molecule has 0 aliphatic heterocycles. The summed E-state index contributed by atoms with van der Waals surface area (Å²) >= 11 is 25.9. The number of hydrogen-bond acceptors (Lipinski definition) is 6. The number of nitrogens with zero attached hydrogens (tertiary/aromatic N) is 6. The van der Waals surface area contributed by atoms with E-state index in [-0.39, 0.29) is 74.2 Å². The molecule has 109 valence electrons. The molecule has 2 aromatic heterocycles. The van der Waals surface area contributed by atoms with E-state index in [9.17, 15) is 14.4 Å². The second-order valence-electron chi connectivity index (χ2n) is 2.71. The summed E-state index contributed by atoms with van der Waals surface area (Å²) < 4.78 is 0.254. The molecule has 0 saturated heterocycles. The molecule has 2 aromatic rings. The largest absolute Gasteiger partial charge is 0.366 e. The van der Waals surface area contributed by atoms with Crippen LogP contribution in [0, 0.1) is 0 Å². The molecular weight excluding hydrogens is 420 g/mol. The number of aromatic nitrogens is 6. The van der Waals surface area contributed by atoms with Crippen LogP contribution in [-0.2, 0) is 0 Å². The van der Waals surface area contributed by atoms with Crippen LogP contribution in [0.2, 0.25) is 10.6 Å². The van der Waals surface area contributed by atoms with Gasteiger partial charge in [0.1, 0.15) is 6.33 Å². The van der Waals surface area contributed by atoms with Gasteiger partial charge in [0.15, 0.2) is 0 Å². The maximum absolute atomic E-state index is 10.8. The Morgan fingerprint density at radius 2 is 1.05 bits per heavy atom. The molecule has 2 rings (SSSR count). The van der Waals surface area contributed by atoms with Crippen LogP contribution in [0.25, 0.3) is 0 Å². The summed E-state index contributed by atoms with van der Waals surface area (Å²) in [7, 11) is 0. The third kappa shape index (κ3) is 5.90. The van der Waals surface area contributed by atoms with Crippen LogP contribution in [-0.4, -0.2) is 78.6 Å². The maximum atomic E-state index is 10.8. The topological polar surface area (TPSA) is 105 Å². The van der Waals surface area contributed by atoms with E-state index < -0.39 is 17.1 Å². The van der Waals surface area contributed by atoms with Gasteiger partial charge >= 0.3 is 17.1 Å². The summed E-state index contributed by atoms with van der Waals surface area (Å²) in [5, 5.41) is 0.231. The zero-order valence-electron chi connectivity index (χ0n) is 9.88. The molecule has 15 heteroatoms. The Morgan fingerprint density at radius 3 is 1.24 bits per heavy atom. The number of rotatable bonds is 0. The molecule has 0 aliphatic rings. The van der Waals surface area contributed by atoms with Crippen molar-refractivity contribution in [3.8, 4) is 0 Å². The summed E-state index contributed by atoms with van der Waals surface area (Å²) in [4.78, 5) is 42.7. The van der Waals surface area contributed by atoms with Crippen molar-refractivity contribution in [2.75, 3.05) is 0 Å². The van der Waals surface area contributed by atoms with Gasteiger partial charge in [-0.05, 0) is 23.2 Å². The molecule has 0 bridgehead atoms. The standard InChI is InChI=1S/C3Cl3N3O3.C3HCl2N3.K/c4-7-1(10)8(5)3(12)9(6)2(7)11;4-2-6-1-7-3(5)8-2;/h;1H;. The van der Waals surface area contributed by atoms with Gasteiger partial charge in [0, 0.05) is 86.7 Å². The van der Waals surface area contributed by atoms with Gasteiger partial charge in [-0.15, -0.1) is 12.3 Å². The van der Waals surface area contributed by atoms with Crippen molar-refractivity contribution in [2.45, 2.75) is 0 Å². The average molecular weight is 421 g/mol. The minimum Gasteiger partial charge on any atom is -0.244 e. The van der Waals surface area contributed by atoms with Gasteiger partial charge in [-0.2, -0.15) is 4.98 Å². The maximum Gasteiger partial charge on any atom is 0.366 e. The van der Waals surface area contributed by atoms with Crippen LogP contribution < -0.4 is 17.1 Å². The van der Waals surface area contributed by atoms with Gasteiger partial charge in [0.2, 0.25) is 10.6 Å². The predicted octanol–water partition coefficient (Wildman–Crippen LogP) is -0.0250. The van der Waals surface area contributed by atoms with Crippen LogP contribution in [0.15, 0.2) is 20.7 Å². The van der Waals surface area contributed by atoms with E-state index in [2.05, 4.69) is 15.0 Å². The van der Waals surface area contributed by atoms with E-state index >= 15 is 0 Å². The summed E-state index contributed by atoms with van der Waals surface area (Å²) in [5.74, 6) is 0. The van der Waals surface area contributed by atoms with E-state index in [1.165, 1.54) is 6.33 Å². The Morgan fingerprint density at radius 1 is 0.762 bits per heavy atom. The molecule has 0 saturated carbocycles. The van der Waals surface area contributed by atoms with E-state index in [0.717, 1.165) is 0 Å². The Hall–Kier alpha value is 0.506. The third-order valence-corrected chi connectivity index (χ3v) is 2.75. The fraction of sp³-hybridized carbons (Fsp3) is 0. The molecule has 0 spiro atoms. The van der Waals surface area contributed by atoms with Crippen molar-refractivity contribution in [1.82, 2.24) is 27.2 Å². The van der Waals surface area contributed by atoms with Crippen molar-refractivity contribution in [1.29, 1.82) is 0 Å². The van der Waals surface area contributed by atoms with E-state index in [0.29, 0.717) is 0 Å². The zero-order chi connectivity index (χ0) is 15.4. The van der Waals surface area contributed by atoms with E-state index in [4.69, 9.17) is 58.5 Å². The summed E-state index contributed by atoms with van der Waals surface area (Å²) in [6.07, 6.45) is 1.25. The minimum atomic E-state index is -1.16. The molecule has 0 amide bonds. The normalized spacial score (nSPS) is 9.38. The first-order valence-electron chi connectivity index (χ1n) is 4.25. The second kappa shape index (κ2) is 9.60. The first-order chi connectivity index (χ1) is 9.25. The van der Waals surface area contributed by atoms with Crippen LogP contribution in [0.1, 0.15) is 0 Å². The summed E-state index contributed by atoms with van der Waals surface area (Å²) in [6, 6.07) is 0. The average Bonchev–Trinajstić information content (AvgIpc) is 2.41. The van der Waals surface area contributed by atoms with Crippen molar-refractivity contribution < 1.29 is 0 Å². The fourth-order valence-electron chi connectivity index (χ4n) is 0.735. The van der Waals surface area contributed by atoms with Crippen molar-refractivity contribution in [3.05, 3.63) is 48.3 Å². The SMILES string of the molecule is Clc1ncnc(Cl)n1.O=c1n(Cl)c(=O)n(Cl)c(=O)n1Cl.[K]. The number of halogens is 5. The van der Waals surface area contributed by atoms with Gasteiger partial charge in [0.25, 0.3) is 0 Å². The Balaban J connectivity index is 0.000000390. The Labute approximate surface area is 183 Å². The van der Waals surface area contributed by atoms with Crippen LogP contribution in [0.4, 0.5) is 0 Å². The first-order valence-corrected chi connectivity index (χ1v) is 6.02. The van der Waals surface area contributed by atoms with Crippen LogP contribution >= 0.6 is 58.5 Å². The molecular formula is C6HCl5KN6O3. The molecule has 9 nitrogen and oxygen atoms in total. The van der Waals surface area contributed by atoms with Crippen molar-refractivity contribution in [3.63, 3.8) is 0 Å². The molecule has 0 fully saturated rings. The van der Waals surface area contributed by atoms with Crippen LogP contribution in [0.5, 0.6) is 0 Å². The molecule has 1 radical (unpaired) electrons. The molecule has 2 heterocycles. The molecule has 0 atom stereocenters. The van der Waals surface area contributed by atoms with Gasteiger partial charge in [-0.25, -0.2) is 24.4 Å². The summed E-state index contributed by atoms with van der Waals surface area (Å²) in [5.41, 5.74) is -3.49. The second-order valence-corrected chi connectivity index (χ2v) is 4.40.